The maximum Gasteiger partial charge on any atom is 0.409 e. The van der Waals surface area contributed by atoms with Crippen LogP contribution >= 0.6 is 0 Å². The minimum absolute atomic E-state index is 0.000138. The topological polar surface area (TPSA) is 50.6 Å². The van der Waals surface area contributed by atoms with Crippen LogP contribution in [0.2, 0.25) is 0 Å². The molecule has 0 bridgehead atoms. The Morgan fingerprint density at radius 2 is 2.00 bits per heavy atom. The average molecular weight is 412 g/mol. The van der Waals surface area contributed by atoms with E-state index in [1.54, 1.807) is 0 Å². The van der Waals surface area contributed by atoms with Crippen LogP contribution in [0.25, 0.3) is 0 Å². The molecular formula is C19H20F4N4O2. The summed E-state index contributed by atoms with van der Waals surface area (Å²) >= 11 is 0. The second kappa shape index (κ2) is 7.33. The number of benzene rings is 1. The van der Waals surface area contributed by atoms with Gasteiger partial charge in [-0.3, -0.25) is 14.3 Å². The van der Waals surface area contributed by atoms with Crippen molar-refractivity contribution in [3.05, 3.63) is 46.5 Å². The fraction of sp³-hybridized carbons (Fsp3) is 0.474. The highest BCUT2D eigenvalue weighted by Crippen LogP contribution is 2.39. The van der Waals surface area contributed by atoms with E-state index in [2.05, 4.69) is 4.98 Å². The Bertz CT molecular complexity index is 962. The summed E-state index contributed by atoms with van der Waals surface area (Å²) in [6.45, 7) is 3.11. The number of hydrogen-bond donors (Lipinski definition) is 0. The third kappa shape index (κ3) is 3.68. The number of hydrogen-bond acceptors (Lipinski definition) is 5. The van der Waals surface area contributed by atoms with Gasteiger partial charge in [-0.15, -0.1) is 0 Å². The predicted octanol–water partition coefficient (Wildman–Crippen LogP) is 3.08. The molecule has 6 nitrogen and oxygen atoms in total. The van der Waals surface area contributed by atoms with Crippen LogP contribution in [0.3, 0.4) is 0 Å². The number of anilines is 3. The SMILES string of the molecule is CC1COCCN1c1cc(=O)n2c(n1)N(c1cccc(F)c1)C(C(F)(F)F)CC2. The van der Waals surface area contributed by atoms with E-state index < -0.39 is 23.6 Å². The molecule has 2 aromatic rings. The number of nitrogens with zero attached hydrogens (tertiary/aromatic N) is 4. The third-order valence-corrected chi connectivity index (χ3v) is 5.25. The largest absolute Gasteiger partial charge is 0.409 e. The number of rotatable bonds is 2. The van der Waals surface area contributed by atoms with Gasteiger partial charge < -0.3 is 9.64 Å². The number of fused-ring (bicyclic) bond motifs is 1. The molecule has 0 saturated carbocycles. The van der Waals surface area contributed by atoms with Crippen LogP contribution in [-0.2, 0) is 11.3 Å². The van der Waals surface area contributed by atoms with Gasteiger partial charge in [-0.2, -0.15) is 18.2 Å². The van der Waals surface area contributed by atoms with E-state index in [4.69, 9.17) is 4.74 Å². The van der Waals surface area contributed by atoms with Crippen molar-refractivity contribution in [2.45, 2.75) is 38.1 Å². The van der Waals surface area contributed by atoms with Crippen LogP contribution < -0.4 is 15.4 Å². The summed E-state index contributed by atoms with van der Waals surface area (Å²) in [5.41, 5.74) is -0.439. The number of aromatic nitrogens is 2. The smallest absolute Gasteiger partial charge is 0.377 e. The summed E-state index contributed by atoms with van der Waals surface area (Å²) in [6, 6.07) is 4.24. The molecule has 0 spiro atoms. The van der Waals surface area contributed by atoms with Crippen molar-refractivity contribution in [2.75, 3.05) is 29.6 Å². The molecule has 156 valence electrons. The number of halogens is 4. The molecule has 2 atom stereocenters. The van der Waals surface area contributed by atoms with E-state index in [-0.39, 0.29) is 30.6 Å². The molecule has 0 aliphatic carbocycles. The first-order valence-corrected chi connectivity index (χ1v) is 9.33. The lowest BCUT2D eigenvalue weighted by molar-refractivity contribution is -0.150. The maximum atomic E-state index is 13.8. The molecule has 0 N–H and O–H groups in total. The molecular weight excluding hydrogens is 392 g/mol. The molecule has 1 fully saturated rings. The zero-order valence-corrected chi connectivity index (χ0v) is 15.7. The van der Waals surface area contributed by atoms with E-state index in [0.29, 0.717) is 25.6 Å². The van der Waals surface area contributed by atoms with Crippen molar-refractivity contribution < 1.29 is 22.3 Å². The van der Waals surface area contributed by atoms with Crippen LogP contribution in [0.15, 0.2) is 35.1 Å². The molecule has 2 aliphatic rings. The third-order valence-electron chi connectivity index (χ3n) is 5.25. The van der Waals surface area contributed by atoms with Gasteiger partial charge in [-0.1, -0.05) is 6.07 Å². The summed E-state index contributed by atoms with van der Waals surface area (Å²) in [5, 5.41) is 0. The van der Waals surface area contributed by atoms with Gasteiger partial charge in [0.15, 0.2) is 0 Å². The van der Waals surface area contributed by atoms with Crippen molar-refractivity contribution in [3.63, 3.8) is 0 Å². The Hall–Kier alpha value is -2.62. The molecule has 1 aromatic heterocycles. The fourth-order valence-corrected chi connectivity index (χ4v) is 3.84. The molecule has 2 unspecified atom stereocenters. The minimum Gasteiger partial charge on any atom is -0.377 e. The second-order valence-electron chi connectivity index (χ2n) is 7.22. The monoisotopic (exact) mass is 412 g/mol. The highest BCUT2D eigenvalue weighted by molar-refractivity contribution is 5.61. The van der Waals surface area contributed by atoms with E-state index in [9.17, 15) is 22.4 Å². The molecule has 0 radical (unpaired) electrons. The van der Waals surface area contributed by atoms with E-state index in [1.165, 1.54) is 22.8 Å². The molecule has 1 aromatic carbocycles. The number of alkyl halides is 3. The zero-order chi connectivity index (χ0) is 20.8. The van der Waals surface area contributed by atoms with Crippen molar-refractivity contribution in [2.24, 2.45) is 0 Å². The summed E-state index contributed by atoms with van der Waals surface area (Å²) in [4.78, 5) is 19.9. The normalized spacial score (nSPS) is 22.5. The Morgan fingerprint density at radius 3 is 2.69 bits per heavy atom. The van der Waals surface area contributed by atoms with Crippen LogP contribution in [0, 0.1) is 5.82 Å². The first-order chi connectivity index (χ1) is 13.8. The first kappa shape index (κ1) is 19.7. The average Bonchev–Trinajstić information content (AvgIpc) is 2.66. The fourth-order valence-electron chi connectivity index (χ4n) is 3.84. The van der Waals surface area contributed by atoms with E-state index in [1.807, 2.05) is 11.8 Å². The molecule has 29 heavy (non-hydrogen) atoms. The summed E-state index contributed by atoms with van der Waals surface area (Å²) < 4.78 is 61.8. The Morgan fingerprint density at radius 1 is 1.21 bits per heavy atom. The van der Waals surface area contributed by atoms with E-state index in [0.717, 1.165) is 17.0 Å². The molecule has 0 amide bonds. The molecule has 10 heteroatoms. The first-order valence-electron chi connectivity index (χ1n) is 9.33. The Kier molecular flexibility index (Phi) is 4.97. The van der Waals surface area contributed by atoms with Gasteiger partial charge in [0.1, 0.15) is 17.7 Å². The minimum atomic E-state index is -4.57. The Balaban J connectivity index is 1.87. The van der Waals surface area contributed by atoms with Gasteiger partial charge >= 0.3 is 6.18 Å². The van der Waals surface area contributed by atoms with Gasteiger partial charge in [0.25, 0.3) is 5.56 Å². The second-order valence-corrected chi connectivity index (χ2v) is 7.22. The number of ether oxygens (including phenoxy) is 1. The van der Waals surface area contributed by atoms with Gasteiger partial charge in [0.05, 0.1) is 19.3 Å². The predicted molar refractivity (Wildman–Crippen MR) is 99.1 cm³/mol. The quantitative estimate of drug-likeness (QED) is 0.710. The highest BCUT2D eigenvalue weighted by atomic mass is 19.4. The standard InChI is InChI=1S/C19H20F4N4O2/c1-12-11-29-8-7-25(12)16-10-17(28)26-6-5-15(19(21,22)23)27(18(26)24-16)14-4-2-3-13(20)9-14/h2-4,9-10,12,15H,5-8,11H2,1H3. The van der Waals surface area contributed by atoms with Crippen molar-refractivity contribution in [1.82, 2.24) is 9.55 Å². The lowest BCUT2D eigenvalue weighted by Crippen LogP contribution is -2.51. The van der Waals surface area contributed by atoms with E-state index >= 15 is 0 Å². The maximum absolute atomic E-state index is 13.8. The molecule has 1 saturated heterocycles. The molecule has 4 rings (SSSR count). The van der Waals surface area contributed by atoms with Gasteiger partial charge in [-0.25, -0.2) is 4.39 Å². The highest BCUT2D eigenvalue weighted by Gasteiger charge is 2.47. The summed E-state index contributed by atoms with van der Waals surface area (Å²) in [7, 11) is 0. The van der Waals surface area contributed by atoms with Crippen molar-refractivity contribution in [1.29, 1.82) is 0 Å². The summed E-state index contributed by atoms with van der Waals surface area (Å²) in [6.07, 6.45) is -4.90. The number of morpholine rings is 1. The van der Waals surface area contributed by atoms with Gasteiger partial charge in [0, 0.05) is 24.8 Å². The lowest BCUT2D eigenvalue weighted by Gasteiger charge is -2.40. The van der Waals surface area contributed by atoms with Crippen LogP contribution in [-0.4, -0.2) is 47.6 Å². The zero-order valence-electron chi connectivity index (χ0n) is 15.7. The molecule has 3 heterocycles. The van der Waals surface area contributed by atoms with Crippen molar-refractivity contribution in [3.8, 4) is 0 Å². The van der Waals surface area contributed by atoms with Crippen LogP contribution in [0.4, 0.5) is 35.0 Å². The van der Waals surface area contributed by atoms with Crippen molar-refractivity contribution >= 4 is 17.5 Å². The van der Waals surface area contributed by atoms with Crippen LogP contribution in [0.5, 0.6) is 0 Å². The summed E-state index contributed by atoms with van der Waals surface area (Å²) in [5.74, 6) is -0.507. The van der Waals surface area contributed by atoms with Gasteiger partial charge in [-0.05, 0) is 31.5 Å². The van der Waals surface area contributed by atoms with Crippen LogP contribution in [0.1, 0.15) is 13.3 Å². The lowest BCUT2D eigenvalue weighted by atomic mass is 10.1. The van der Waals surface area contributed by atoms with Gasteiger partial charge in [0.2, 0.25) is 5.95 Å². The molecule has 2 aliphatic heterocycles. The Labute approximate surface area is 164 Å².